The second kappa shape index (κ2) is 9.16. The third-order valence-corrected chi connectivity index (χ3v) is 5.66. The Balaban J connectivity index is 1.53. The molecule has 3 amide bonds. The molecule has 3 aromatic rings. The number of imide groups is 1. The normalized spacial score (nSPS) is 12.8. The fourth-order valence-corrected chi connectivity index (χ4v) is 3.80. The van der Waals surface area contributed by atoms with Crippen LogP contribution in [0.1, 0.15) is 47.4 Å². The number of rotatable bonds is 7. The van der Waals surface area contributed by atoms with Crippen LogP contribution < -0.4 is 15.0 Å². The molecule has 0 bridgehead atoms. The van der Waals surface area contributed by atoms with Gasteiger partial charge in [0, 0.05) is 17.7 Å². The molecule has 0 fully saturated rings. The molecule has 33 heavy (non-hydrogen) atoms. The summed E-state index contributed by atoms with van der Waals surface area (Å²) < 4.78 is 5.91. The van der Waals surface area contributed by atoms with E-state index in [9.17, 15) is 19.5 Å². The van der Waals surface area contributed by atoms with Crippen molar-refractivity contribution in [1.29, 1.82) is 0 Å². The summed E-state index contributed by atoms with van der Waals surface area (Å²) in [6.45, 7) is 3.96. The average molecular weight is 444 g/mol. The van der Waals surface area contributed by atoms with Crippen molar-refractivity contribution in [3.8, 4) is 17.2 Å². The maximum Gasteiger partial charge on any atom is 0.266 e. The number of fused-ring (bicyclic) bond motifs is 1. The Morgan fingerprint density at radius 1 is 0.909 bits per heavy atom. The monoisotopic (exact) mass is 444 g/mol. The molecule has 0 saturated heterocycles. The number of benzene rings is 3. The molecule has 1 heterocycles. The molecular formula is C26H24N2O5. The number of hydrogen-bond acceptors (Lipinski definition) is 5. The van der Waals surface area contributed by atoms with Gasteiger partial charge in [-0.1, -0.05) is 19.9 Å². The number of anilines is 2. The quantitative estimate of drug-likeness (QED) is 0.478. The number of aromatic hydroxyl groups is 1. The molecule has 7 nitrogen and oxygen atoms in total. The van der Waals surface area contributed by atoms with Gasteiger partial charge in [0.1, 0.15) is 17.2 Å². The van der Waals surface area contributed by atoms with E-state index in [-0.39, 0.29) is 28.7 Å². The average Bonchev–Trinajstić information content (AvgIpc) is 3.05. The smallest absolute Gasteiger partial charge is 0.266 e. The first-order valence-electron chi connectivity index (χ1n) is 10.8. The molecule has 0 aromatic heterocycles. The van der Waals surface area contributed by atoms with Crippen LogP contribution in [0, 0.1) is 5.92 Å². The Labute approximate surface area is 191 Å². The molecule has 0 radical (unpaired) electrons. The Morgan fingerprint density at radius 3 is 2.27 bits per heavy atom. The van der Waals surface area contributed by atoms with Gasteiger partial charge in [0.25, 0.3) is 11.8 Å². The number of phenolic OH excluding ortho intramolecular Hbond substituents is 1. The highest BCUT2D eigenvalue weighted by Gasteiger charge is 2.37. The molecule has 0 aliphatic carbocycles. The Bertz CT molecular complexity index is 1220. The lowest BCUT2D eigenvalue weighted by atomic mass is 10.0. The van der Waals surface area contributed by atoms with E-state index in [4.69, 9.17) is 4.74 Å². The number of nitrogens with one attached hydrogen (secondary N) is 1. The van der Waals surface area contributed by atoms with E-state index >= 15 is 0 Å². The van der Waals surface area contributed by atoms with Crippen LogP contribution in [0.15, 0.2) is 66.7 Å². The molecule has 0 unspecified atom stereocenters. The molecule has 2 N–H and O–H groups in total. The van der Waals surface area contributed by atoms with E-state index in [1.54, 1.807) is 36.4 Å². The number of phenols is 1. The number of nitrogens with zero attached hydrogens (tertiary/aromatic N) is 1. The van der Waals surface area contributed by atoms with Crippen molar-refractivity contribution in [3.63, 3.8) is 0 Å². The summed E-state index contributed by atoms with van der Waals surface area (Å²) in [5.41, 5.74) is 1.52. The molecule has 0 spiro atoms. The molecule has 4 rings (SSSR count). The van der Waals surface area contributed by atoms with Crippen LogP contribution in [0.3, 0.4) is 0 Å². The highest BCUT2D eigenvalue weighted by molar-refractivity contribution is 6.34. The van der Waals surface area contributed by atoms with Gasteiger partial charge in [-0.05, 0) is 67.4 Å². The summed E-state index contributed by atoms with van der Waals surface area (Å²) in [6, 6.07) is 17.6. The number of ether oxygens (including phenoxy) is 1. The summed E-state index contributed by atoms with van der Waals surface area (Å²) in [5.74, 6) is -0.0464. The number of carbonyl (C=O) groups is 3. The van der Waals surface area contributed by atoms with Crippen molar-refractivity contribution in [2.75, 3.05) is 10.2 Å². The van der Waals surface area contributed by atoms with Gasteiger partial charge in [-0.25, -0.2) is 4.90 Å². The first kappa shape index (κ1) is 22.1. The van der Waals surface area contributed by atoms with Gasteiger partial charge in [-0.2, -0.15) is 0 Å². The van der Waals surface area contributed by atoms with Crippen LogP contribution >= 0.6 is 0 Å². The van der Waals surface area contributed by atoms with Crippen LogP contribution in [-0.2, 0) is 4.79 Å². The fourth-order valence-electron chi connectivity index (χ4n) is 3.80. The maximum atomic E-state index is 12.9. The van der Waals surface area contributed by atoms with Crippen LogP contribution in [-0.4, -0.2) is 22.8 Å². The van der Waals surface area contributed by atoms with E-state index < -0.39 is 11.8 Å². The van der Waals surface area contributed by atoms with Crippen molar-refractivity contribution in [3.05, 3.63) is 77.9 Å². The summed E-state index contributed by atoms with van der Waals surface area (Å²) in [7, 11) is 0. The molecule has 0 saturated carbocycles. The predicted molar refractivity (Wildman–Crippen MR) is 125 cm³/mol. The van der Waals surface area contributed by atoms with Crippen molar-refractivity contribution >= 4 is 29.1 Å². The second-order valence-corrected chi connectivity index (χ2v) is 7.80. The molecule has 1 aliphatic rings. The fraction of sp³-hybridized carbons (Fsp3) is 0.192. The lowest BCUT2D eigenvalue weighted by Crippen LogP contribution is -2.29. The summed E-state index contributed by atoms with van der Waals surface area (Å²) >= 11 is 0. The van der Waals surface area contributed by atoms with Crippen molar-refractivity contribution in [2.45, 2.75) is 26.7 Å². The molecule has 1 aliphatic heterocycles. The van der Waals surface area contributed by atoms with E-state index in [1.807, 2.05) is 13.8 Å². The van der Waals surface area contributed by atoms with E-state index in [2.05, 4.69) is 5.32 Å². The van der Waals surface area contributed by atoms with Crippen LogP contribution in [0.5, 0.6) is 17.2 Å². The molecule has 3 aromatic carbocycles. The first-order valence-corrected chi connectivity index (χ1v) is 10.8. The molecule has 0 atom stereocenters. The molecule has 168 valence electrons. The van der Waals surface area contributed by atoms with Crippen LogP contribution in [0.25, 0.3) is 0 Å². The third kappa shape index (κ3) is 4.43. The highest BCUT2D eigenvalue weighted by Crippen LogP contribution is 2.33. The molecular weight excluding hydrogens is 420 g/mol. The third-order valence-electron chi connectivity index (χ3n) is 5.66. The van der Waals surface area contributed by atoms with Crippen molar-refractivity contribution < 1.29 is 24.2 Å². The minimum Gasteiger partial charge on any atom is -0.508 e. The molecule has 7 heteroatoms. The Kier molecular flexibility index (Phi) is 6.13. The van der Waals surface area contributed by atoms with Gasteiger partial charge in [0.05, 0.1) is 16.8 Å². The van der Waals surface area contributed by atoms with Gasteiger partial charge in [-0.3, -0.25) is 14.4 Å². The number of carbonyl (C=O) groups excluding carboxylic acids is 3. The zero-order chi connectivity index (χ0) is 23.5. The first-order chi connectivity index (χ1) is 15.9. The van der Waals surface area contributed by atoms with E-state index in [0.717, 1.165) is 17.7 Å². The Hall–Kier alpha value is -4.13. The second-order valence-electron chi connectivity index (χ2n) is 7.80. The van der Waals surface area contributed by atoms with Gasteiger partial charge >= 0.3 is 0 Å². The summed E-state index contributed by atoms with van der Waals surface area (Å²) in [4.78, 5) is 39.1. The maximum absolute atomic E-state index is 12.9. The minimum absolute atomic E-state index is 0.0342. The Morgan fingerprint density at radius 2 is 1.58 bits per heavy atom. The summed E-state index contributed by atoms with van der Waals surface area (Å²) in [6.07, 6.45) is 1.53. The zero-order valence-corrected chi connectivity index (χ0v) is 18.4. The van der Waals surface area contributed by atoms with Gasteiger partial charge in [0.2, 0.25) is 5.91 Å². The standard InChI is InChI=1S/C26H24N2O5/c1-3-16(4-2)24(30)27-17-6-5-7-20(14-17)33-21-12-13-22-23(15-21)26(32)28(25(22)31)18-8-10-19(29)11-9-18/h5-16,29H,3-4H2,1-2H3,(H,27,30). The van der Waals surface area contributed by atoms with E-state index in [0.29, 0.717) is 22.9 Å². The highest BCUT2D eigenvalue weighted by atomic mass is 16.5. The van der Waals surface area contributed by atoms with Crippen LogP contribution in [0.4, 0.5) is 11.4 Å². The predicted octanol–water partition coefficient (Wildman–Crippen LogP) is 5.36. The van der Waals surface area contributed by atoms with Gasteiger partial charge in [0.15, 0.2) is 0 Å². The minimum atomic E-state index is -0.461. The number of amides is 3. The van der Waals surface area contributed by atoms with Crippen molar-refractivity contribution in [2.24, 2.45) is 5.92 Å². The topological polar surface area (TPSA) is 95.9 Å². The van der Waals surface area contributed by atoms with Crippen LogP contribution in [0.2, 0.25) is 0 Å². The van der Waals surface area contributed by atoms with Gasteiger partial charge in [-0.15, -0.1) is 0 Å². The largest absolute Gasteiger partial charge is 0.508 e. The van der Waals surface area contributed by atoms with E-state index in [1.165, 1.54) is 30.3 Å². The SMILES string of the molecule is CCC(CC)C(=O)Nc1cccc(Oc2ccc3c(c2)C(=O)N(c2ccc(O)cc2)C3=O)c1. The van der Waals surface area contributed by atoms with Gasteiger partial charge < -0.3 is 15.2 Å². The zero-order valence-electron chi connectivity index (χ0n) is 18.4. The van der Waals surface area contributed by atoms with Crippen molar-refractivity contribution in [1.82, 2.24) is 0 Å². The lowest BCUT2D eigenvalue weighted by Gasteiger charge is -2.14. The number of hydrogen-bond donors (Lipinski definition) is 2. The lowest BCUT2D eigenvalue weighted by molar-refractivity contribution is -0.120. The summed E-state index contributed by atoms with van der Waals surface area (Å²) in [5, 5.41) is 12.4.